The van der Waals surface area contributed by atoms with Crippen molar-refractivity contribution < 1.29 is 9.84 Å². The number of aliphatic hydroxyl groups excluding tert-OH is 1. The Balaban J connectivity index is 1.85. The van der Waals surface area contributed by atoms with Gasteiger partial charge in [-0.25, -0.2) is 0 Å². The lowest BCUT2D eigenvalue weighted by Gasteiger charge is -2.22. The number of ether oxygens (including phenoxy) is 1. The molecule has 0 heterocycles. The molecule has 1 unspecified atom stereocenters. The Bertz CT molecular complexity index is 598. The first kappa shape index (κ1) is 14.4. The fourth-order valence-electron chi connectivity index (χ4n) is 3.45. The van der Waals surface area contributed by atoms with Crippen LogP contribution in [0.4, 0.5) is 0 Å². The van der Waals surface area contributed by atoms with Crippen LogP contribution >= 0.6 is 0 Å². The topological polar surface area (TPSA) is 29.5 Å². The van der Waals surface area contributed by atoms with Crippen LogP contribution in [-0.4, -0.2) is 12.2 Å². The highest BCUT2D eigenvalue weighted by Crippen LogP contribution is 2.34. The highest BCUT2D eigenvalue weighted by atomic mass is 16.5. The Morgan fingerprint density at radius 1 is 0.952 bits per heavy atom. The van der Waals surface area contributed by atoms with Gasteiger partial charge in [-0.15, -0.1) is 0 Å². The van der Waals surface area contributed by atoms with E-state index in [-0.39, 0.29) is 6.10 Å². The molecule has 2 aromatic rings. The van der Waals surface area contributed by atoms with Crippen molar-refractivity contribution >= 4 is 10.8 Å². The smallest absolute Gasteiger partial charge is 0.119 e. The minimum absolute atomic E-state index is 0.324. The van der Waals surface area contributed by atoms with Crippen molar-refractivity contribution in [1.29, 1.82) is 0 Å². The van der Waals surface area contributed by atoms with Gasteiger partial charge in [0.2, 0.25) is 0 Å². The zero-order chi connectivity index (χ0) is 14.7. The second kappa shape index (κ2) is 6.48. The molecule has 1 aliphatic rings. The average Bonchev–Trinajstić information content (AvgIpc) is 2.82. The molecule has 3 rings (SSSR count). The van der Waals surface area contributed by atoms with Gasteiger partial charge in [0.1, 0.15) is 5.75 Å². The fourth-order valence-corrected chi connectivity index (χ4v) is 3.45. The molecule has 0 amide bonds. The zero-order valence-electron chi connectivity index (χ0n) is 12.7. The molecule has 1 aliphatic carbocycles. The second-order valence-corrected chi connectivity index (χ2v) is 6.17. The zero-order valence-corrected chi connectivity index (χ0v) is 12.7. The summed E-state index contributed by atoms with van der Waals surface area (Å²) in [7, 11) is 1.69. The average molecular weight is 284 g/mol. The first-order chi connectivity index (χ1) is 10.3. The maximum atomic E-state index is 10.7. The molecule has 2 aromatic carbocycles. The van der Waals surface area contributed by atoms with Crippen LogP contribution < -0.4 is 4.74 Å². The summed E-state index contributed by atoms with van der Waals surface area (Å²) in [6, 6.07) is 12.4. The second-order valence-electron chi connectivity index (χ2n) is 6.17. The molecule has 1 N–H and O–H groups in total. The first-order valence-electron chi connectivity index (χ1n) is 8.04. The molecule has 0 radical (unpaired) electrons. The molecule has 0 saturated heterocycles. The van der Waals surface area contributed by atoms with Gasteiger partial charge in [-0.3, -0.25) is 0 Å². The third kappa shape index (κ3) is 3.21. The summed E-state index contributed by atoms with van der Waals surface area (Å²) < 4.78 is 5.26. The van der Waals surface area contributed by atoms with Crippen molar-refractivity contribution in [3.8, 4) is 5.75 Å². The molecule has 2 nitrogen and oxygen atoms in total. The molecular formula is C19H24O2. The van der Waals surface area contributed by atoms with Crippen LogP contribution in [0.2, 0.25) is 0 Å². The lowest BCUT2D eigenvalue weighted by atomic mass is 9.88. The van der Waals surface area contributed by atoms with E-state index in [9.17, 15) is 5.11 Å². The number of benzene rings is 2. The molecular weight excluding hydrogens is 260 g/mol. The van der Waals surface area contributed by atoms with Crippen molar-refractivity contribution in [1.82, 2.24) is 0 Å². The van der Waals surface area contributed by atoms with Crippen molar-refractivity contribution in [2.24, 2.45) is 5.92 Å². The van der Waals surface area contributed by atoms with Gasteiger partial charge in [-0.2, -0.15) is 0 Å². The van der Waals surface area contributed by atoms with Gasteiger partial charge < -0.3 is 9.84 Å². The Hall–Kier alpha value is -1.54. The third-order valence-electron chi connectivity index (χ3n) is 4.76. The molecule has 1 fully saturated rings. The van der Waals surface area contributed by atoms with E-state index in [1.165, 1.54) is 31.1 Å². The van der Waals surface area contributed by atoms with Crippen LogP contribution in [0.5, 0.6) is 5.75 Å². The van der Waals surface area contributed by atoms with Gasteiger partial charge in [-0.1, -0.05) is 43.9 Å². The van der Waals surface area contributed by atoms with Crippen molar-refractivity contribution in [2.75, 3.05) is 7.11 Å². The lowest BCUT2D eigenvalue weighted by Crippen LogP contribution is -2.11. The van der Waals surface area contributed by atoms with Gasteiger partial charge in [-0.05, 0) is 53.3 Å². The molecule has 1 atom stereocenters. The number of rotatable bonds is 3. The summed E-state index contributed by atoms with van der Waals surface area (Å²) in [5.41, 5.74) is 1.06. The van der Waals surface area contributed by atoms with E-state index in [2.05, 4.69) is 24.3 Å². The molecule has 0 aromatic heterocycles. The van der Waals surface area contributed by atoms with Crippen LogP contribution in [-0.2, 0) is 0 Å². The Morgan fingerprint density at radius 3 is 2.33 bits per heavy atom. The minimum atomic E-state index is -0.324. The highest BCUT2D eigenvalue weighted by Gasteiger charge is 2.22. The van der Waals surface area contributed by atoms with Gasteiger partial charge in [0.25, 0.3) is 0 Å². The number of methoxy groups -OCH3 is 1. The van der Waals surface area contributed by atoms with Crippen LogP contribution in [0.25, 0.3) is 10.8 Å². The van der Waals surface area contributed by atoms with Gasteiger partial charge in [0, 0.05) is 0 Å². The van der Waals surface area contributed by atoms with Gasteiger partial charge >= 0.3 is 0 Å². The SMILES string of the molecule is COc1ccc2cc(C(O)C3CCCCCC3)ccc2c1. The summed E-state index contributed by atoms with van der Waals surface area (Å²) in [5.74, 6) is 1.29. The number of hydrogen-bond donors (Lipinski definition) is 1. The van der Waals surface area contributed by atoms with Crippen LogP contribution in [0.1, 0.15) is 50.2 Å². The minimum Gasteiger partial charge on any atom is -0.497 e. The predicted molar refractivity (Wildman–Crippen MR) is 86.7 cm³/mol. The highest BCUT2D eigenvalue weighted by molar-refractivity contribution is 5.84. The quantitative estimate of drug-likeness (QED) is 0.816. The maximum Gasteiger partial charge on any atom is 0.119 e. The van der Waals surface area contributed by atoms with E-state index in [1.54, 1.807) is 7.11 Å². The van der Waals surface area contributed by atoms with E-state index in [1.807, 2.05) is 12.1 Å². The summed E-state index contributed by atoms with van der Waals surface area (Å²) >= 11 is 0. The number of aliphatic hydroxyl groups is 1. The Kier molecular flexibility index (Phi) is 4.45. The van der Waals surface area contributed by atoms with E-state index in [4.69, 9.17) is 4.74 Å². The van der Waals surface area contributed by atoms with Gasteiger partial charge in [0.15, 0.2) is 0 Å². The summed E-state index contributed by atoms with van der Waals surface area (Å²) in [6.45, 7) is 0. The fraction of sp³-hybridized carbons (Fsp3) is 0.474. The maximum absolute atomic E-state index is 10.7. The van der Waals surface area contributed by atoms with Crippen molar-refractivity contribution in [3.63, 3.8) is 0 Å². The van der Waals surface area contributed by atoms with E-state index >= 15 is 0 Å². The first-order valence-corrected chi connectivity index (χ1v) is 8.04. The number of hydrogen-bond acceptors (Lipinski definition) is 2. The molecule has 0 bridgehead atoms. The predicted octanol–water partition coefficient (Wildman–Crippen LogP) is 4.85. The van der Waals surface area contributed by atoms with E-state index in [0.29, 0.717) is 5.92 Å². The third-order valence-corrected chi connectivity index (χ3v) is 4.76. The van der Waals surface area contributed by atoms with Crippen LogP contribution in [0.15, 0.2) is 36.4 Å². The summed E-state index contributed by atoms with van der Waals surface area (Å²) in [4.78, 5) is 0. The lowest BCUT2D eigenvalue weighted by molar-refractivity contribution is 0.0989. The molecule has 21 heavy (non-hydrogen) atoms. The van der Waals surface area contributed by atoms with E-state index in [0.717, 1.165) is 29.5 Å². The molecule has 1 saturated carbocycles. The molecule has 0 aliphatic heterocycles. The standard InChI is InChI=1S/C19H24O2/c1-21-18-11-10-15-12-17(9-8-16(15)13-18)19(20)14-6-4-2-3-5-7-14/h8-14,19-20H,2-7H2,1H3. The summed E-state index contributed by atoms with van der Waals surface area (Å²) in [5, 5.41) is 13.0. The van der Waals surface area contributed by atoms with Crippen LogP contribution in [0.3, 0.4) is 0 Å². The Labute approximate surface area is 126 Å². The number of fused-ring (bicyclic) bond motifs is 1. The molecule has 112 valence electrons. The molecule has 0 spiro atoms. The Morgan fingerprint density at radius 2 is 1.62 bits per heavy atom. The monoisotopic (exact) mass is 284 g/mol. The van der Waals surface area contributed by atoms with Gasteiger partial charge in [0.05, 0.1) is 13.2 Å². The van der Waals surface area contributed by atoms with E-state index < -0.39 is 0 Å². The largest absolute Gasteiger partial charge is 0.497 e. The van der Waals surface area contributed by atoms with Crippen LogP contribution in [0, 0.1) is 5.92 Å². The summed E-state index contributed by atoms with van der Waals surface area (Å²) in [6.07, 6.45) is 7.14. The normalized spacial score (nSPS) is 18.4. The van der Waals surface area contributed by atoms with Crippen molar-refractivity contribution in [2.45, 2.75) is 44.6 Å². The van der Waals surface area contributed by atoms with Crippen molar-refractivity contribution in [3.05, 3.63) is 42.0 Å². The molecule has 2 heteroatoms.